The first kappa shape index (κ1) is 14.5. The lowest BCUT2D eigenvalue weighted by Crippen LogP contribution is -2.56. The first-order chi connectivity index (χ1) is 8.18. The highest BCUT2D eigenvalue weighted by Crippen LogP contribution is 2.37. The largest absolute Gasteiger partial charge is 0.377 e. The van der Waals surface area contributed by atoms with Crippen LogP contribution in [-0.2, 0) is 4.74 Å². The van der Waals surface area contributed by atoms with Gasteiger partial charge in [-0.3, -0.25) is 11.3 Å². The molecule has 0 bridgehead atoms. The number of hydrogen-bond donors (Lipinski definition) is 2. The van der Waals surface area contributed by atoms with Gasteiger partial charge in [0.1, 0.15) is 0 Å². The quantitative estimate of drug-likeness (QED) is 0.323. The molecule has 0 aliphatic heterocycles. The molecule has 1 aliphatic rings. The van der Waals surface area contributed by atoms with E-state index in [0.29, 0.717) is 0 Å². The Morgan fingerprint density at radius 3 is 2.65 bits per heavy atom. The van der Waals surface area contributed by atoms with Gasteiger partial charge in [-0.25, -0.2) is 0 Å². The van der Waals surface area contributed by atoms with Crippen LogP contribution in [0.2, 0.25) is 0 Å². The van der Waals surface area contributed by atoms with Crippen molar-refractivity contribution in [2.24, 2.45) is 11.8 Å². The van der Waals surface area contributed by atoms with Crippen molar-refractivity contribution in [3.8, 4) is 12.3 Å². The van der Waals surface area contributed by atoms with Crippen LogP contribution in [-0.4, -0.2) is 18.8 Å². The number of nitrogens with two attached hydrogens (primary N) is 1. The van der Waals surface area contributed by atoms with Crippen LogP contribution in [0.4, 0.5) is 0 Å². The Balaban J connectivity index is 2.59. The van der Waals surface area contributed by atoms with Gasteiger partial charge in [-0.15, -0.1) is 12.3 Å². The lowest BCUT2D eigenvalue weighted by molar-refractivity contribution is -0.0768. The van der Waals surface area contributed by atoms with E-state index in [1.165, 1.54) is 12.8 Å². The molecule has 0 amide bonds. The van der Waals surface area contributed by atoms with E-state index >= 15 is 0 Å². The summed E-state index contributed by atoms with van der Waals surface area (Å²) in [6, 6.07) is 0.216. The summed E-state index contributed by atoms with van der Waals surface area (Å²) in [4.78, 5) is 0. The van der Waals surface area contributed by atoms with Crippen LogP contribution >= 0.6 is 0 Å². The lowest BCUT2D eigenvalue weighted by Gasteiger charge is -2.43. The third-order valence-corrected chi connectivity index (χ3v) is 4.18. The van der Waals surface area contributed by atoms with Gasteiger partial charge >= 0.3 is 0 Å². The summed E-state index contributed by atoms with van der Waals surface area (Å²) < 4.78 is 5.82. The van der Waals surface area contributed by atoms with Crippen LogP contribution in [0, 0.1) is 18.3 Å². The summed E-state index contributed by atoms with van der Waals surface area (Å²) in [5.41, 5.74) is 2.86. The van der Waals surface area contributed by atoms with Gasteiger partial charge < -0.3 is 4.74 Å². The maximum absolute atomic E-state index is 5.82. The minimum atomic E-state index is -0.0874. The number of hydrazine groups is 1. The Labute approximate surface area is 105 Å². The number of hydrogen-bond acceptors (Lipinski definition) is 3. The van der Waals surface area contributed by atoms with Crippen LogP contribution in [0.15, 0.2) is 0 Å². The molecule has 1 saturated carbocycles. The fourth-order valence-electron chi connectivity index (χ4n) is 2.85. The van der Waals surface area contributed by atoms with E-state index in [-0.39, 0.29) is 11.6 Å². The van der Waals surface area contributed by atoms with E-state index in [4.69, 9.17) is 17.0 Å². The Bertz CT molecular complexity index is 251. The van der Waals surface area contributed by atoms with Gasteiger partial charge in [0.05, 0.1) is 11.6 Å². The van der Waals surface area contributed by atoms with Crippen molar-refractivity contribution in [3.05, 3.63) is 0 Å². The Hall–Kier alpha value is -0.560. The van der Waals surface area contributed by atoms with Gasteiger partial charge in [0, 0.05) is 13.5 Å². The molecule has 3 heteroatoms. The molecule has 0 saturated heterocycles. The van der Waals surface area contributed by atoms with Crippen LogP contribution in [0.25, 0.3) is 0 Å². The summed E-state index contributed by atoms with van der Waals surface area (Å²) >= 11 is 0. The van der Waals surface area contributed by atoms with Gasteiger partial charge in [0.2, 0.25) is 0 Å². The van der Waals surface area contributed by atoms with E-state index in [0.717, 1.165) is 38.0 Å². The summed E-state index contributed by atoms with van der Waals surface area (Å²) in [6.07, 6.45) is 12.7. The Kier molecular flexibility index (Phi) is 5.97. The number of nitrogens with one attached hydrogen (secondary N) is 1. The van der Waals surface area contributed by atoms with Crippen LogP contribution in [0.5, 0.6) is 0 Å². The van der Waals surface area contributed by atoms with Gasteiger partial charge in [-0.05, 0) is 44.4 Å². The van der Waals surface area contributed by atoms with Crippen molar-refractivity contribution in [3.63, 3.8) is 0 Å². The predicted molar refractivity (Wildman–Crippen MR) is 71.2 cm³/mol. The molecule has 1 fully saturated rings. The number of ether oxygens (including phenoxy) is 1. The molecule has 17 heavy (non-hydrogen) atoms. The second-order valence-corrected chi connectivity index (χ2v) is 5.27. The molecular weight excluding hydrogens is 212 g/mol. The average molecular weight is 238 g/mol. The third kappa shape index (κ3) is 3.70. The van der Waals surface area contributed by atoms with Gasteiger partial charge in [-0.1, -0.05) is 6.92 Å². The highest BCUT2D eigenvalue weighted by Gasteiger charge is 2.40. The topological polar surface area (TPSA) is 47.3 Å². The monoisotopic (exact) mass is 238 g/mol. The number of terminal acetylenes is 1. The van der Waals surface area contributed by atoms with Gasteiger partial charge in [0.25, 0.3) is 0 Å². The van der Waals surface area contributed by atoms with Crippen molar-refractivity contribution < 1.29 is 4.74 Å². The van der Waals surface area contributed by atoms with E-state index < -0.39 is 0 Å². The summed E-state index contributed by atoms with van der Waals surface area (Å²) in [7, 11) is 1.81. The van der Waals surface area contributed by atoms with Crippen molar-refractivity contribution >= 4 is 0 Å². The third-order valence-electron chi connectivity index (χ3n) is 4.18. The fourth-order valence-corrected chi connectivity index (χ4v) is 2.85. The second kappa shape index (κ2) is 7.00. The van der Waals surface area contributed by atoms with E-state index in [1.54, 1.807) is 0 Å². The normalized spacial score (nSPS) is 30.8. The van der Waals surface area contributed by atoms with Crippen molar-refractivity contribution in [2.45, 2.75) is 63.5 Å². The zero-order valence-corrected chi connectivity index (χ0v) is 11.2. The van der Waals surface area contributed by atoms with Crippen molar-refractivity contribution in [1.29, 1.82) is 0 Å². The average Bonchev–Trinajstić information content (AvgIpc) is 2.37. The second-order valence-electron chi connectivity index (χ2n) is 5.27. The molecule has 0 radical (unpaired) electrons. The molecular formula is C14H26N2O. The van der Waals surface area contributed by atoms with Crippen molar-refractivity contribution in [2.75, 3.05) is 7.11 Å². The zero-order chi connectivity index (χ0) is 12.7. The zero-order valence-electron chi connectivity index (χ0n) is 11.2. The van der Waals surface area contributed by atoms with Crippen LogP contribution in [0.3, 0.4) is 0 Å². The first-order valence-corrected chi connectivity index (χ1v) is 6.63. The molecule has 98 valence electrons. The summed E-state index contributed by atoms with van der Waals surface area (Å²) in [6.45, 7) is 2.31. The lowest BCUT2D eigenvalue weighted by atomic mass is 9.74. The molecule has 0 aromatic rings. The van der Waals surface area contributed by atoms with E-state index in [2.05, 4.69) is 18.3 Å². The molecule has 0 aromatic heterocycles. The SMILES string of the molecule is C#CCCCC(NN)C1(OC)CCC(C)CC1. The highest BCUT2D eigenvalue weighted by molar-refractivity contribution is 4.96. The standard InChI is InChI=1S/C14H26N2O/c1-4-5-6-7-13(16-15)14(17-3)10-8-12(2)9-11-14/h1,12-13,16H,5-11,15H2,2-3H3. The minimum absolute atomic E-state index is 0.0874. The minimum Gasteiger partial charge on any atom is -0.377 e. The summed E-state index contributed by atoms with van der Waals surface area (Å²) in [5, 5.41) is 0. The smallest absolute Gasteiger partial charge is 0.0844 e. The van der Waals surface area contributed by atoms with E-state index in [9.17, 15) is 0 Å². The van der Waals surface area contributed by atoms with Gasteiger partial charge in [0.15, 0.2) is 0 Å². The molecule has 1 unspecified atom stereocenters. The highest BCUT2D eigenvalue weighted by atomic mass is 16.5. The Morgan fingerprint density at radius 2 is 2.18 bits per heavy atom. The molecule has 0 aromatic carbocycles. The van der Waals surface area contributed by atoms with Crippen molar-refractivity contribution in [1.82, 2.24) is 5.43 Å². The maximum Gasteiger partial charge on any atom is 0.0844 e. The number of methoxy groups -OCH3 is 1. The fraction of sp³-hybridized carbons (Fsp3) is 0.857. The first-order valence-electron chi connectivity index (χ1n) is 6.63. The number of unbranched alkanes of at least 4 members (excludes halogenated alkanes) is 1. The maximum atomic E-state index is 5.82. The van der Waals surface area contributed by atoms with Crippen LogP contribution < -0.4 is 11.3 Å². The molecule has 0 spiro atoms. The summed E-state index contributed by atoms with van der Waals surface area (Å²) in [5.74, 6) is 9.19. The number of rotatable bonds is 6. The molecule has 0 heterocycles. The van der Waals surface area contributed by atoms with E-state index in [1.807, 2.05) is 7.11 Å². The molecule has 1 rings (SSSR count). The molecule has 3 N–H and O–H groups in total. The Morgan fingerprint density at radius 1 is 1.53 bits per heavy atom. The predicted octanol–water partition coefficient (Wildman–Crippen LogP) is 2.22. The molecule has 3 nitrogen and oxygen atoms in total. The molecule has 1 aliphatic carbocycles. The van der Waals surface area contributed by atoms with Crippen LogP contribution in [0.1, 0.15) is 51.9 Å². The van der Waals surface area contributed by atoms with Gasteiger partial charge in [-0.2, -0.15) is 0 Å². The molecule has 1 atom stereocenters.